The summed E-state index contributed by atoms with van der Waals surface area (Å²) in [5.41, 5.74) is 6.32. The minimum atomic E-state index is -2.49. The van der Waals surface area contributed by atoms with E-state index in [9.17, 15) is 8.78 Å². The number of pyridine rings is 1. The van der Waals surface area contributed by atoms with Crippen LogP contribution in [0.25, 0.3) is 11.3 Å². The first kappa shape index (κ1) is 24.4. The van der Waals surface area contributed by atoms with Crippen LogP contribution < -0.4 is 8.96 Å². The first-order valence-corrected chi connectivity index (χ1v) is 18.9. The van der Waals surface area contributed by atoms with Crippen LogP contribution in [-0.4, -0.2) is 19.2 Å². The molecule has 31 heavy (non-hydrogen) atoms. The molecule has 0 radical (unpaired) electrons. The molecule has 0 spiro atoms. The standard InChI is InChI=1S/C27H40F2GeN/c1-19-16-20(26(5)12-14-27(28,29)15-13-26)10-11-21(19)24-17-23(30(6,7)8)22(18-31(24)9)25(2,3)4/h10-11,16-18H,12-15H2,1-9H3/q+1. The SMILES string of the molecule is Cc1cc(C2(C)CCC(F)(F)CC2)ccc1-c1c[c]([Ge]([CH3])([CH3])[CH3])c(C(C)(C)C)c[n+]1C. The van der Waals surface area contributed by atoms with E-state index < -0.39 is 19.2 Å². The Hall–Kier alpha value is -1.23. The topological polar surface area (TPSA) is 3.88 Å². The summed E-state index contributed by atoms with van der Waals surface area (Å²) in [6, 6.07) is 9.08. The van der Waals surface area contributed by atoms with Crippen molar-refractivity contribution in [2.45, 2.75) is 94.3 Å². The molecule has 0 amide bonds. The summed E-state index contributed by atoms with van der Waals surface area (Å²) < 4.78 is 31.3. The van der Waals surface area contributed by atoms with Gasteiger partial charge in [-0.05, 0) is 0 Å². The summed E-state index contributed by atoms with van der Waals surface area (Å²) in [5, 5.41) is 0. The van der Waals surface area contributed by atoms with Crippen LogP contribution in [0.2, 0.25) is 17.3 Å². The van der Waals surface area contributed by atoms with Crippen molar-refractivity contribution >= 4 is 17.7 Å². The average molecular weight is 489 g/mol. The average Bonchev–Trinajstić information content (AvgIpc) is 2.63. The van der Waals surface area contributed by atoms with Gasteiger partial charge in [0, 0.05) is 0 Å². The quantitative estimate of drug-likeness (QED) is 0.330. The van der Waals surface area contributed by atoms with Crippen LogP contribution in [0.15, 0.2) is 30.5 Å². The summed E-state index contributed by atoms with van der Waals surface area (Å²) in [4.78, 5) is 0. The zero-order valence-corrected chi connectivity index (χ0v) is 23.0. The van der Waals surface area contributed by atoms with Gasteiger partial charge in [0.05, 0.1) is 0 Å². The first-order valence-electron chi connectivity index (χ1n) is 11.6. The van der Waals surface area contributed by atoms with Crippen LogP contribution in [0.1, 0.15) is 70.1 Å². The fourth-order valence-electron chi connectivity index (χ4n) is 4.92. The van der Waals surface area contributed by atoms with Crippen molar-refractivity contribution in [3.8, 4) is 11.3 Å². The van der Waals surface area contributed by atoms with Crippen LogP contribution in [0.4, 0.5) is 8.78 Å². The van der Waals surface area contributed by atoms with E-state index in [0.717, 1.165) is 0 Å². The van der Waals surface area contributed by atoms with Gasteiger partial charge in [0.15, 0.2) is 0 Å². The minimum absolute atomic E-state index is 0.00524. The van der Waals surface area contributed by atoms with Gasteiger partial charge in [-0.25, -0.2) is 0 Å². The van der Waals surface area contributed by atoms with Gasteiger partial charge in [-0.3, -0.25) is 0 Å². The molecular weight excluding hydrogens is 449 g/mol. The van der Waals surface area contributed by atoms with Crippen molar-refractivity contribution in [2.24, 2.45) is 7.05 Å². The number of rotatable bonds is 3. The number of hydrogen-bond donors (Lipinski definition) is 0. The molecule has 3 rings (SSSR count). The van der Waals surface area contributed by atoms with E-state index in [1.807, 2.05) is 0 Å². The zero-order chi connectivity index (χ0) is 23.4. The molecule has 1 heterocycles. The van der Waals surface area contributed by atoms with Crippen molar-refractivity contribution in [2.75, 3.05) is 0 Å². The predicted octanol–water partition coefficient (Wildman–Crippen LogP) is 6.80. The van der Waals surface area contributed by atoms with E-state index in [4.69, 9.17) is 0 Å². The molecule has 1 aromatic carbocycles. The zero-order valence-electron chi connectivity index (χ0n) is 20.9. The molecule has 170 valence electrons. The van der Waals surface area contributed by atoms with E-state index >= 15 is 0 Å². The molecule has 4 heteroatoms. The van der Waals surface area contributed by atoms with Crippen LogP contribution in [0.5, 0.6) is 0 Å². The molecule has 0 bridgehead atoms. The number of alkyl halides is 2. The monoisotopic (exact) mass is 490 g/mol. The van der Waals surface area contributed by atoms with Gasteiger partial charge < -0.3 is 0 Å². The Balaban J connectivity index is 2.06. The molecule has 1 aliphatic rings. The molecule has 1 saturated carbocycles. The molecule has 1 fully saturated rings. The molecule has 0 saturated heterocycles. The summed E-state index contributed by atoms with van der Waals surface area (Å²) in [6.07, 6.45) is 3.42. The second-order valence-corrected chi connectivity index (χ2v) is 22.6. The van der Waals surface area contributed by atoms with Gasteiger partial charge in [0.2, 0.25) is 0 Å². The third-order valence-electron chi connectivity index (χ3n) is 7.17. The van der Waals surface area contributed by atoms with E-state index in [1.165, 1.54) is 27.9 Å². The molecule has 0 aliphatic heterocycles. The van der Waals surface area contributed by atoms with Crippen molar-refractivity contribution in [3.63, 3.8) is 0 Å². The van der Waals surface area contributed by atoms with E-state index in [2.05, 4.69) is 94.0 Å². The summed E-state index contributed by atoms with van der Waals surface area (Å²) in [7, 11) is 2.14. The molecule has 0 unspecified atom stereocenters. The summed E-state index contributed by atoms with van der Waals surface area (Å²) >= 11 is -2.09. The van der Waals surface area contributed by atoms with Gasteiger partial charge in [0.25, 0.3) is 0 Å². The van der Waals surface area contributed by atoms with Gasteiger partial charge in [0.1, 0.15) is 0 Å². The number of halogens is 2. The van der Waals surface area contributed by atoms with Crippen molar-refractivity contribution < 1.29 is 13.3 Å². The Morgan fingerprint density at radius 1 is 0.968 bits per heavy atom. The molecule has 0 N–H and O–H groups in total. The molecule has 1 aliphatic carbocycles. The molecule has 2 aromatic rings. The summed E-state index contributed by atoms with van der Waals surface area (Å²) in [5.74, 6) is 4.89. The van der Waals surface area contributed by atoms with Gasteiger partial charge in [-0.15, -0.1) is 0 Å². The Morgan fingerprint density at radius 3 is 2.03 bits per heavy atom. The fourth-order valence-corrected chi connectivity index (χ4v) is 8.73. The second-order valence-electron chi connectivity index (χ2n) is 12.0. The fraction of sp³-hybridized carbons (Fsp3) is 0.593. The van der Waals surface area contributed by atoms with Crippen molar-refractivity contribution in [1.82, 2.24) is 0 Å². The van der Waals surface area contributed by atoms with E-state index in [0.29, 0.717) is 12.8 Å². The molecule has 1 nitrogen and oxygen atoms in total. The van der Waals surface area contributed by atoms with Crippen LogP contribution in [-0.2, 0) is 17.9 Å². The normalized spacial score (nSPS) is 18.8. The Kier molecular flexibility index (Phi) is 6.28. The van der Waals surface area contributed by atoms with E-state index in [1.54, 1.807) is 4.40 Å². The molecule has 0 atom stereocenters. The van der Waals surface area contributed by atoms with Crippen LogP contribution in [0, 0.1) is 6.92 Å². The van der Waals surface area contributed by atoms with Crippen LogP contribution >= 0.6 is 0 Å². The van der Waals surface area contributed by atoms with Crippen molar-refractivity contribution in [1.29, 1.82) is 0 Å². The number of benzene rings is 1. The number of nitrogens with zero attached hydrogens (tertiary/aromatic N) is 1. The molecule has 1 aromatic heterocycles. The Labute approximate surface area is 190 Å². The third-order valence-corrected chi connectivity index (χ3v) is 11.4. The number of aryl methyl sites for hydroxylation is 2. The number of hydrogen-bond acceptors (Lipinski definition) is 0. The van der Waals surface area contributed by atoms with Crippen molar-refractivity contribution in [3.05, 3.63) is 47.2 Å². The van der Waals surface area contributed by atoms with Crippen LogP contribution in [0.3, 0.4) is 0 Å². The first-order chi connectivity index (χ1) is 14.0. The van der Waals surface area contributed by atoms with Gasteiger partial charge in [-0.1, -0.05) is 0 Å². The maximum atomic E-state index is 13.7. The molecular formula is C27H40F2GeN+. The Morgan fingerprint density at radius 2 is 1.55 bits per heavy atom. The second kappa shape index (κ2) is 7.97. The maximum absolute atomic E-state index is 13.7. The third kappa shape index (κ3) is 5.07. The number of aromatic nitrogens is 1. The van der Waals surface area contributed by atoms with Gasteiger partial charge in [-0.2, -0.15) is 0 Å². The predicted molar refractivity (Wildman–Crippen MR) is 130 cm³/mol. The van der Waals surface area contributed by atoms with E-state index in [-0.39, 0.29) is 23.7 Å². The Bertz CT molecular complexity index is 970. The van der Waals surface area contributed by atoms with Gasteiger partial charge >= 0.3 is 191 Å². The summed E-state index contributed by atoms with van der Waals surface area (Å²) in [6.45, 7) is 11.2.